The fourth-order valence-corrected chi connectivity index (χ4v) is 1.16. The van der Waals surface area contributed by atoms with Gasteiger partial charge in [-0.05, 0) is 39.0 Å². The summed E-state index contributed by atoms with van der Waals surface area (Å²) in [5, 5.41) is 11.4. The first-order valence-corrected chi connectivity index (χ1v) is 5.99. The van der Waals surface area contributed by atoms with Crippen LogP contribution in [0, 0.1) is 5.92 Å². The minimum absolute atomic E-state index is 0.206. The lowest BCUT2D eigenvalue weighted by Gasteiger charge is -2.23. The van der Waals surface area contributed by atoms with Crippen LogP contribution in [0.1, 0.15) is 47.0 Å². The summed E-state index contributed by atoms with van der Waals surface area (Å²) in [5.41, 5.74) is -0.404. The number of aliphatic hydroxyl groups excluding tert-OH is 1. The Bertz CT molecular complexity index is 204. The van der Waals surface area contributed by atoms with Gasteiger partial charge in [-0.25, -0.2) is 4.79 Å². The number of rotatable bonds is 7. The molecule has 0 rings (SSSR count). The molecule has 0 aliphatic carbocycles. The van der Waals surface area contributed by atoms with Gasteiger partial charge in [-0.2, -0.15) is 0 Å². The molecule has 1 amide bonds. The van der Waals surface area contributed by atoms with E-state index in [-0.39, 0.29) is 12.7 Å². The van der Waals surface area contributed by atoms with Gasteiger partial charge in [-0.1, -0.05) is 13.8 Å². The standard InChI is InChI=1S/C12H25NO3/c1-5-12(3,4)16-11(15)13-9-10(2)7-6-8-14/h10,14H,5-9H2,1-4H3,(H,13,15). The third-order valence-electron chi connectivity index (χ3n) is 2.67. The Morgan fingerprint density at radius 3 is 2.62 bits per heavy atom. The summed E-state index contributed by atoms with van der Waals surface area (Å²) < 4.78 is 5.24. The summed E-state index contributed by atoms with van der Waals surface area (Å²) in [4.78, 5) is 11.4. The monoisotopic (exact) mass is 231 g/mol. The first-order chi connectivity index (χ1) is 7.41. The van der Waals surface area contributed by atoms with Gasteiger partial charge in [0.2, 0.25) is 0 Å². The van der Waals surface area contributed by atoms with Crippen molar-refractivity contribution in [3.05, 3.63) is 0 Å². The van der Waals surface area contributed by atoms with Crippen LogP contribution in [0.2, 0.25) is 0 Å². The van der Waals surface area contributed by atoms with Gasteiger partial charge in [-0.15, -0.1) is 0 Å². The van der Waals surface area contributed by atoms with E-state index in [0.29, 0.717) is 12.5 Å². The van der Waals surface area contributed by atoms with Gasteiger partial charge in [0.05, 0.1) is 0 Å². The average Bonchev–Trinajstić information content (AvgIpc) is 2.23. The molecule has 0 aromatic heterocycles. The van der Waals surface area contributed by atoms with Crippen LogP contribution in [0.3, 0.4) is 0 Å². The van der Waals surface area contributed by atoms with Crippen LogP contribution in [-0.2, 0) is 4.74 Å². The summed E-state index contributed by atoms with van der Waals surface area (Å²) in [5.74, 6) is 0.365. The van der Waals surface area contributed by atoms with Crippen LogP contribution in [-0.4, -0.2) is 30.0 Å². The molecule has 0 saturated heterocycles. The van der Waals surface area contributed by atoms with Crippen molar-refractivity contribution in [1.29, 1.82) is 0 Å². The van der Waals surface area contributed by atoms with Crippen LogP contribution < -0.4 is 5.32 Å². The lowest BCUT2D eigenvalue weighted by atomic mass is 10.1. The molecule has 4 heteroatoms. The Hall–Kier alpha value is -0.770. The maximum Gasteiger partial charge on any atom is 0.407 e. The minimum atomic E-state index is -0.404. The lowest BCUT2D eigenvalue weighted by molar-refractivity contribution is 0.0356. The Morgan fingerprint density at radius 1 is 1.50 bits per heavy atom. The predicted octanol–water partition coefficient (Wildman–Crippen LogP) is 2.31. The van der Waals surface area contributed by atoms with Gasteiger partial charge in [0.15, 0.2) is 0 Å². The predicted molar refractivity (Wildman–Crippen MR) is 64.3 cm³/mol. The van der Waals surface area contributed by atoms with E-state index >= 15 is 0 Å². The molecule has 0 radical (unpaired) electrons. The third kappa shape index (κ3) is 7.51. The number of ether oxygens (including phenoxy) is 1. The zero-order valence-corrected chi connectivity index (χ0v) is 10.9. The topological polar surface area (TPSA) is 58.6 Å². The fourth-order valence-electron chi connectivity index (χ4n) is 1.16. The Labute approximate surface area is 98.4 Å². The van der Waals surface area contributed by atoms with Crippen molar-refractivity contribution in [2.75, 3.05) is 13.2 Å². The molecular weight excluding hydrogens is 206 g/mol. The highest BCUT2D eigenvalue weighted by molar-refractivity contribution is 5.67. The van der Waals surface area contributed by atoms with E-state index in [2.05, 4.69) is 5.32 Å². The van der Waals surface area contributed by atoms with Crippen molar-refractivity contribution in [2.45, 2.75) is 52.6 Å². The van der Waals surface area contributed by atoms with Gasteiger partial charge >= 0.3 is 6.09 Å². The molecule has 0 spiro atoms. The van der Waals surface area contributed by atoms with Crippen molar-refractivity contribution < 1.29 is 14.6 Å². The summed E-state index contributed by atoms with van der Waals surface area (Å²) in [6.45, 7) is 8.61. The fraction of sp³-hybridized carbons (Fsp3) is 0.917. The normalized spacial score (nSPS) is 13.3. The molecule has 4 nitrogen and oxygen atoms in total. The van der Waals surface area contributed by atoms with Crippen LogP contribution in [0.5, 0.6) is 0 Å². The number of nitrogens with one attached hydrogen (secondary N) is 1. The number of hydrogen-bond acceptors (Lipinski definition) is 3. The van der Waals surface area contributed by atoms with E-state index in [9.17, 15) is 4.79 Å². The number of amides is 1. The summed E-state index contributed by atoms with van der Waals surface area (Å²) >= 11 is 0. The zero-order chi connectivity index (χ0) is 12.6. The van der Waals surface area contributed by atoms with E-state index in [1.54, 1.807) is 0 Å². The zero-order valence-electron chi connectivity index (χ0n) is 10.9. The number of alkyl carbamates (subject to hydrolysis) is 1. The molecule has 0 aliphatic heterocycles. The maximum absolute atomic E-state index is 11.4. The van der Waals surface area contributed by atoms with Crippen LogP contribution >= 0.6 is 0 Å². The molecule has 0 aromatic carbocycles. The Kier molecular flexibility index (Phi) is 7.13. The minimum Gasteiger partial charge on any atom is -0.444 e. The quantitative estimate of drug-likeness (QED) is 0.707. The maximum atomic E-state index is 11.4. The lowest BCUT2D eigenvalue weighted by Crippen LogP contribution is -2.36. The number of hydrogen-bond donors (Lipinski definition) is 2. The summed E-state index contributed by atoms with van der Waals surface area (Å²) in [6.07, 6.45) is 2.12. The van der Waals surface area contributed by atoms with Crippen molar-refractivity contribution in [1.82, 2.24) is 5.32 Å². The van der Waals surface area contributed by atoms with E-state index in [0.717, 1.165) is 19.3 Å². The summed E-state index contributed by atoms with van der Waals surface area (Å²) in [6, 6.07) is 0. The molecule has 96 valence electrons. The molecular formula is C12H25NO3. The van der Waals surface area contributed by atoms with E-state index < -0.39 is 5.60 Å². The van der Waals surface area contributed by atoms with E-state index in [1.165, 1.54) is 0 Å². The van der Waals surface area contributed by atoms with Gasteiger partial charge < -0.3 is 15.2 Å². The first-order valence-electron chi connectivity index (χ1n) is 5.99. The first kappa shape index (κ1) is 15.2. The van der Waals surface area contributed by atoms with Crippen LogP contribution in [0.15, 0.2) is 0 Å². The highest BCUT2D eigenvalue weighted by Gasteiger charge is 2.20. The smallest absolute Gasteiger partial charge is 0.407 e. The van der Waals surface area contributed by atoms with Crippen molar-refractivity contribution >= 4 is 6.09 Å². The van der Waals surface area contributed by atoms with Gasteiger partial charge in [0, 0.05) is 13.2 Å². The molecule has 0 aromatic rings. The molecule has 2 N–H and O–H groups in total. The van der Waals surface area contributed by atoms with Gasteiger partial charge in [0.1, 0.15) is 5.60 Å². The summed E-state index contributed by atoms with van der Waals surface area (Å²) in [7, 11) is 0. The number of carbonyl (C=O) groups excluding carboxylic acids is 1. The molecule has 16 heavy (non-hydrogen) atoms. The third-order valence-corrected chi connectivity index (χ3v) is 2.67. The second-order valence-electron chi connectivity index (χ2n) is 4.85. The van der Waals surface area contributed by atoms with Crippen molar-refractivity contribution in [3.8, 4) is 0 Å². The van der Waals surface area contributed by atoms with Crippen molar-refractivity contribution in [2.24, 2.45) is 5.92 Å². The SMILES string of the molecule is CCC(C)(C)OC(=O)NCC(C)CCCO. The Balaban J connectivity index is 3.73. The highest BCUT2D eigenvalue weighted by atomic mass is 16.6. The van der Waals surface area contributed by atoms with Crippen LogP contribution in [0.25, 0.3) is 0 Å². The largest absolute Gasteiger partial charge is 0.444 e. The molecule has 0 aliphatic rings. The van der Waals surface area contributed by atoms with Gasteiger partial charge in [-0.3, -0.25) is 0 Å². The number of carbonyl (C=O) groups is 1. The second-order valence-corrected chi connectivity index (χ2v) is 4.85. The van der Waals surface area contributed by atoms with Crippen LogP contribution in [0.4, 0.5) is 4.79 Å². The van der Waals surface area contributed by atoms with Gasteiger partial charge in [0.25, 0.3) is 0 Å². The number of aliphatic hydroxyl groups is 1. The highest BCUT2D eigenvalue weighted by Crippen LogP contribution is 2.13. The Morgan fingerprint density at radius 2 is 2.12 bits per heavy atom. The molecule has 0 fully saturated rings. The second kappa shape index (κ2) is 7.49. The average molecular weight is 231 g/mol. The molecule has 0 bridgehead atoms. The van der Waals surface area contributed by atoms with E-state index in [4.69, 9.17) is 9.84 Å². The van der Waals surface area contributed by atoms with E-state index in [1.807, 2.05) is 27.7 Å². The molecule has 0 heterocycles. The molecule has 1 atom stereocenters. The molecule has 1 unspecified atom stereocenters. The van der Waals surface area contributed by atoms with Crippen molar-refractivity contribution in [3.63, 3.8) is 0 Å². The molecule has 0 saturated carbocycles.